The molecule has 0 atom stereocenters. The summed E-state index contributed by atoms with van der Waals surface area (Å²) in [5.74, 6) is -4.01. The van der Waals surface area contributed by atoms with Crippen LogP contribution in [0.4, 0.5) is 0 Å². The minimum atomic E-state index is -2.02. The lowest BCUT2D eigenvalue weighted by molar-refractivity contribution is -0.171. The highest BCUT2D eigenvalue weighted by atomic mass is 16.5. The predicted octanol–water partition coefficient (Wildman–Crippen LogP) is -0.159. The molecule has 0 amide bonds. The van der Waals surface area contributed by atoms with Gasteiger partial charge >= 0.3 is 0 Å². The zero-order chi connectivity index (χ0) is 17.0. The van der Waals surface area contributed by atoms with Crippen LogP contribution in [-0.4, -0.2) is 37.4 Å². The van der Waals surface area contributed by atoms with Crippen LogP contribution < -0.4 is 10.6 Å². The molecule has 0 spiro atoms. The van der Waals surface area contributed by atoms with E-state index in [2.05, 4.69) is 10.6 Å². The Kier molecular flexibility index (Phi) is 6.30. The molecule has 126 valence electrons. The van der Waals surface area contributed by atoms with Crippen molar-refractivity contribution in [2.45, 2.75) is 58.5 Å². The van der Waals surface area contributed by atoms with E-state index >= 15 is 0 Å². The number of aliphatic hydroxyl groups is 4. The first kappa shape index (κ1) is 18.8. The topological polar surface area (TPSA) is 125 Å². The van der Waals surface area contributed by atoms with Crippen LogP contribution in [0.15, 0.2) is 12.1 Å². The first-order chi connectivity index (χ1) is 10.0. The number of aromatic hydroxyl groups is 1. The summed E-state index contributed by atoms with van der Waals surface area (Å²) in [7, 11) is 0. The van der Waals surface area contributed by atoms with Crippen LogP contribution in [0.25, 0.3) is 0 Å². The van der Waals surface area contributed by atoms with Crippen molar-refractivity contribution in [3.63, 3.8) is 0 Å². The van der Waals surface area contributed by atoms with E-state index in [0.29, 0.717) is 5.56 Å². The summed E-state index contributed by atoms with van der Waals surface area (Å²) in [6, 6.07) is 3.33. The van der Waals surface area contributed by atoms with Crippen LogP contribution in [0.1, 0.15) is 43.9 Å². The number of phenols is 1. The van der Waals surface area contributed by atoms with Crippen molar-refractivity contribution in [1.82, 2.24) is 10.6 Å². The Morgan fingerprint density at radius 1 is 0.864 bits per heavy atom. The molecule has 7 heteroatoms. The summed E-state index contributed by atoms with van der Waals surface area (Å²) in [6.45, 7) is 4.71. The van der Waals surface area contributed by atoms with Gasteiger partial charge in [0.05, 0.1) is 0 Å². The smallest absolute Gasteiger partial charge is 0.219 e. The minimum Gasteiger partial charge on any atom is -0.508 e. The van der Waals surface area contributed by atoms with Crippen LogP contribution in [0.2, 0.25) is 0 Å². The van der Waals surface area contributed by atoms with Crippen LogP contribution in [-0.2, 0) is 19.5 Å². The van der Waals surface area contributed by atoms with Gasteiger partial charge in [-0.25, -0.2) is 0 Å². The van der Waals surface area contributed by atoms with E-state index in [4.69, 9.17) is 0 Å². The third kappa shape index (κ3) is 6.69. The molecule has 7 nitrogen and oxygen atoms in total. The summed E-state index contributed by atoms with van der Waals surface area (Å²) in [5, 5.41) is 52.2. The van der Waals surface area contributed by atoms with Gasteiger partial charge in [0.15, 0.2) is 0 Å². The van der Waals surface area contributed by atoms with Crippen LogP contribution >= 0.6 is 0 Å². The summed E-state index contributed by atoms with van der Waals surface area (Å²) in [6.07, 6.45) is 1.64. The number of nitrogens with one attached hydrogen (secondary N) is 2. The Labute approximate surface area is 130 Å². The standard InChI is InChI=1S/C15H26N2O5/c1-4-5-10-6-12(9-17-15(3,21)22)13(18)7-11(10)8-16-14(2,19)20/h6-7,16-22H,4-5,8-9H2,1-3H3. The van der Waals surface area contributed by atoms with Gasteiger partial charge in [0.1, 0.15) is 5.75 Å². The van der Waals surface area contributed by atoms with Crippen molar-refractivity contribution in [2.75, 3.05) is 0 Å². The quantitative estimate of drug-likeness (QED) is 0.332. The molecule has 0 aliphatic carbocycles. The van der Waals surface area contributed by atoms with Gasteiger partial charge in [-0.3, -0.25) is 10.6 Å². The minimum absolute atomic E-state index is 0.00554. The third-order valence-electron chi connectivity index (χ3n) is 3.15. The Morgan fingerprint density at radius 2 is 1.36 bits per heavy atom. The maximum absolute atomic E-state index is 10.1. The van der Waals surface area contributed by atoms with Gasteiger partial charge in [-0.1, -0.05) is 19.4 Å². The lowest BCUT2D eigenvalue weighted by Crippen LogP contribution is -2.41. The fourth-order valence-electron chi connectivity index (χ4n) is 2.06. The fraction of sp³-hybridized carbons (Fsp3) is 0.600. The highest BCUT2D eigenvalue weighted by molar-refractivity contribution is 5.42. The van der Waals surface area contributed by atoms with Crippen molar-refractivity contribution in [3.8, 4) is 5.75 Å². The van der Waals surface area contributed by atoms with Crippen molar-refractivity contribution in [3.05, 3.63) is 28.8 Å². The summed E-state index contributed by atoms with van der Waals surface area (Å²) in [4.78, 5) is 0. The third-order valence-corrected chi connectivity index (χ3v) is 3.15. The Hall–Kier alpha value is -1.22. The van der Waals surface area contributed by atoms with Gasteiger partial charge in [0.25, 0.3) is 0 Å². The molecule has 0 bridgehead atoms. The molecular formula is C15H26N2O5. The molecule has 0 aliphatic rings. The zero-order valence-corrected chi connectivity index (χ0v) is 13.2. The molecule has 0 aromatic heterocycles. The second-order valence-electron chi connectivity index (χ2n) is 5.75. The molecule has 0 saturated heterocycles. The number of aryl methyl sites for hydroxylation is 1. The molecule has 7 N–H and O–H groups in total. The molecule has 0 saturated carbocycles. The molecule has 1 rings (SSSR count). The summed E-state index contributed by atoms with van der Waals surface area (Å²) < 4.78 is 0. The van der Waals surface area contributed by atoms with Gasteiger partial charge in [-0.05, 0) is 23.6 Å². The second kappa shape index (κ2) is 7.36. The second-order valence-corrected chi connectivity index (χ2v) is 5.75. The summed E-state index contributed by atoms with van der Waals surface area (Å²) in [5.41, 5.74) is 2.25. The maximum Gasteiger partial charge on any atom is 0.219 e. The van der Waals surface area contributed by atoms with E-state index in [1.807, 2.05) is 6.92 Å². The van der Waals surface area contributed by atoms with Crippen molar-refractivity contribution in [1.29, 1.82) is 0 Å². The van der Waals surface area contributed by atoms with Gasteiger partial charge in [0.2, 0.25) is 11.8 Å². The first-order valence-corrected chi connectivity index (χ1v) is 7.25. The number of benzene rings is 1. The molecule has 1 aromatic rings. The molecular weight excluding hydrogens is 288 g/mol. The number of phenolic OH excluding ortho intramolecular Hbond substituents is 1. The molecule has 0 radical (unpaired) electrons. The first-order valence-electron chi connectivity index (χ1n) is 7.25. The number of hydrogen-bond donors (Lipinski definition) is 7. The Bertz CT molecular complexity index is 492. The summed E-state index contributed by atoms with van der Waals surface area (Å²) >= 11 is 0. The highest BCUT2D eigenvalue weighted by Gasteiger charge is 2.18. The van der Waals surface area contributed by atoms with Crippen molar-refractivity contribution >= 4 is 0 Å². The predicted molar refractivity (Wildman–Crippen MR) is 81.5 cm³/mol. The van der Waals surface area contributed by atoms with Gasteiger partial charge in [-0.15, -0.1) is 0 Å². The SMILES string of the molecule is CCCc1cc(CNC(C)(O)O)c(O)cc1CNC(C)(O)O. The van der Waals surface area contributed by atoms with Crippen molar-refractivity contribution < 1.29 is 25.5 Å². The van der Waals surface area contributed by atoms with E-state index < -0.39 is 11.8 Å². The fourth-order valence-corrected chi connectivity index (χ4v) is 2.06. The maximum atomic E-state index is 10.1. The Morgan fingerprint density at radius 3 is 1.82 bits per heavy atom. The zero-order valence-electron chi connectivity index (χ0n) is 13.2. The van der Waals surface area contributed by atoms with Gasteiger partial charge in [0, 0.05) is 32.5 Å². The van der Waals surface area contributed by atoms with E-state index in [1.165, 1.54) is 13.8 Å². The Balaban J connectivity index is 2.96. The highest BCUT2D eigenvalue weighted by Crippen LogP contribution is 2.24. The van der Waals surface area contributed by atoms with E-state index in [9.17, 15) is 25.5 Å². The van der Waals surface area contributed by atoms with Crippen molar-refractivity contribution in [2.24, 2.45) is 0 Å². The van der Waals surface area contributed by atoms with E-state index in [0.717, 1.165) is 24.0 Å². The van der Waals surface area contributed by atoms with Crippen LogP contribution in [0.5, 0.6) is 5.75 Å². The number of hydrogen-bond acceptors (Lipinski definition) is 7. The van der Waals surface area contributed by atoms with Gasteiger partial charge < -0.3 is 25.5 Å². The lowest BCUT2D eigenvalue weighted by atomic mass is 9.98. The van der Waals surface area contributed by atoms with E-state index in [-0.39, 0.29) is 18.8 Å². The van der Waals surface area contributed by atoms with Crippen LogP contribution in [0.3, 0.4) is 0 Å². The number of rotatable bonds is 8. The monoisotopic (exact) mass is 314 g/mol. The van der Waals surface area contributed by atoms with Crippen LogP contribution in [0, 0.1) is 0 Å². The lowest BCUT2D eigenvalue weighted by Gasteiger charge is -2.21. The average molecular weight is 314 g/mol. The van der Waals surface area contributed by atoms with E-state index in [1.54, 1.807) is 12.1 Å². The molecule has 1 aromatic carbocycles. The molecule has 0 heterocycles. The molecule has 0 aliphatic heterocycles. The molecule has 0 unspecified atom stereocenters. The molecule has 22 heavy (non-hydrogen) atoms. The molecule has 0 fully saturated rings. The normalized spacial score (nSPS) is 12.7. The average Bonchev–Trinajstić information content (AvgIpc) is 2.35. The van der Waals surface area contributed by atoms with Gasteiger partial charge in [-0.2, -0.15) is 0 Å². The largest absolute Gasteiger partial charge is 0.508 e.